The molecular weight excluding hydrogens is 202 g/mol. The maximum absolute atomic E-state index is 5.68. The molecule has 1 fully saturated rings. The van der Waals surface area contributed by atoms with Crippen molar-refractivity contribution < 1.29 is 9.47 Å². The Hall–Kier alpha value is -0.120. The van der Waals surface area contributed by atoms with E-state index in [1.165, 1.54) is 0 Å². The molecule has 0 saturated carbocycles. The van der Waals surface area contributed by atoms with Gasteiger partial charge in [0.25, 0.3) is 0 Å². The lowest BCUT2D eigenvalue weighted by atomic mass is 10.0. The van der Waals surface area contributed by atoms with Crippen LogP contribution in [0.2, 0.25) is 0 Å². The topological polar surface area (TPSA) is 30.5 Å². The third-order valence-corrected chi connectivity index (χ3v) is 3.17. The van der Waals surface area contributed by atoms with Crippen LogP contribution in [0.4, 0.5) is 0 Å². The van der Waals surface area contributed by atoms with E-state index in [1.54, 1.807) is 0 Å². The van der Waals surface area contributed by atoms with E-state index in [2.05, 4.69) is 26.1 Å². The zero-order valence-corrected chi connectivity index (χ0v) is 11.2. The van der Waals surface area contributed by atoms with Gasteiger partial charge in [0, 0.05) is 25.8 Å². The van der Waals surface area contributed by atoms with Crippen LogP contribution in [0.3, 0.4) is 0 Å². The molecule has 0 aromatic rings. The van der Waals surface area contributed by atoms with Crippen LogP contribution in [0.25, 0.3) is 0 Å². The Morgan fingerprint density at radius 2 is 2.12 bits per heavy atom. The molecule has 1 rings (SSSR count). The molecule has 16 heavy (non-hydrogen) atoms. The Bertz CT molecular complexity index is 194. The summed E-state index contributed by atoms with van der Waals surface area (Å²) in [7, 11) is 0. The van der Waals surface area contributed by atoms with E-state index in [0.717, 1.165) is 39.0 Å². The maximum Gasteiger partial charge on any atom is 0.0750 e. The zero-order chi connectivity index (χ0) is 12.0. The van der Waals surface area contributed by atoms with E-state index in [-0.39, 0.29) is 5.60 Å². The molecule has 3 heteroatoms. The second kappa shape index (κ2) is 6.58. The first-order valence-electron chi connectivity index (χ1n) is 6.56. The second-order valence-corrected chi connectivity index (χ2v) is 5.20. The van der Waals surface area contributed by atoms with Gasteiger partial charge in [-0.1, -0.05) is 6.92 Å². The summed E-state index contributed by atoms with van der Waals surface area (Å²) >= 11 is 0. The molecule has 0 spiro atoms. The van der Waals surface area contributed by atoms with Crippen molar-refractivity contribution >= 4 is 0 Å². The highest BCUT2D eigenvalue weighted by atomic mass is 16.5. The Balaban J connectivity index is 2.26. The average molecular weight is 229 g/mol. The van der Waals surface area contributed by atoms with Crippen LogP contribution in [0.15, 0.2) is 0 Å². The molecule has 1 saturated heterocycles. The highest BCUT2D eigenvalue weighted by Gasteiger charge is 2.24. The minimum atomic E-state index is -0.0607. The first-order chi connectivity index (χ1) is 7.57. The van der Waals surface area contributed by atoms with E-state index in [0.29, 0.717) is 12.1 Å². The molecule has 96 valence electrons. The summed E-state index contributed by atoms with van der Waals surface area (Å²) in [5, 5.41) is 3.61. The summed E-state index contributed by atoms with van der Waals surface area (Å²) in [6.07, 6.45) is 3.83. The fourth-order valence-corrected chi connectivity index (χ4v) is 2.18. The van der Waals surface area contributed by atoms with Crippen LogP contribution >= 0.6 is 0 Å². The van der Waals surface area contributed by atoms with Gasteiger partial charge in [-0.3, -0.25) is 0 Å². The quantitative estimate of drug-likeness (QED) is 0.758. The molecule has 2 unspecified atom stereocenters. The van der Waals surface area contributed by atoms with Gasteiger partial charge >= 0.3 is 0 Å². The summed E-state index contributed by atoms with van der Waals surface area (Å²) in [5.41, 5.74) is -0.0607. The maximum atomic E-state index is 5.68. The van der Waals surface area contributed by atoms with Gasteiger partial charge in [0.15, 0.2) is 0 Å². The standard InChI is InChI=1S/C13H27NO2/c1-5-12-9-11(7-8-15-12)14-10-13(3,4)16-6-2/h11-12,14H,5-10H2,1-4H3. The zero-order valence-electron chi connectivity index (χ0n) is 11.2. The lowest BCUT2D eigenvalue weighted by Crippen LogP contribution is -2.46. The minimum absolute atomic E-state index is 0.0607. The number of nitrogens with one attached hydrogen (secondary N) is 1. The lowest BCUT2D eigenvalue weighted by Gasteiger charge is -2.33. The Labute approximate surface area is 99.9 Å². The van der Waals surface area contributed by atoms with Gasteiger partial charge in [-0.05, 0) is 40.0 Å². The lowest BCUT2D eigenvalue weighted by molar-refractivity contribution is -0.0254. The summed E-state index contributed by atoms with van der Waals surface area (Å²) in [6, 6.07) is 0.596. The molecule has 0 bridgehead atoms. The molecule has 2 atom stereocenters. The van der Waals surface area contributed by atoms with Crippen molar-refractivity contribution in [2.45, 2.75) is 64.7 Å². The summed E-state index contributed by atoms with van der Waals surface area (Å²) in [4.78, 5) is 0. The number of hydrogen-bond acceptors (Lipinski definition) is 3. The number of rotatable bonds is 6. The highest BCUT2D eigenvalue weighted by Crippen LogP contribution is 2.17. The van der Waals surface area contributed by atoms with Gasteiger partial charge in [0.05, 0.1) is 11.7 Å². The van der Waals surface area contributed by atoms with Gasteiger partial charge in [-0.2, -0.15) is 0 Å². The van der Waals surface area contributed by atoms with Crippen LogP contribution in [0, 0.1) is 0 Å². The van der Waals surface area contributed by atoms with Gasteiger partial charge < -0.3 is 14.8 Å². The molecule has 0 aromatic heterocycles. The second-order valence-electron chi connectivity index (χ2n) is 5.20. The number of hydrogen-bond donors (Lipinski definition) is 1. The molecule has 0 aromatic carbocycles. The molecule has 0 amide bonds. The minimum Gasteiger partial charge on any atom is -0.378 e. The van der Waals surface area contributed by atoms with Gasteiger partial charge in [-0.15, -0.1) is 0 Å². The predicted molar refractivity (Wildman–Crippen MR) is 66.8 cm³/mol. The molecule has 1 N–H and O–H groups in total. The smallest absolute Gasteiger partial charge is 0.0750 e. The summed E-state index contributed by atoms with van der Waals surface area (Å²) in [5.74, 6) is 0. The molecule has 1 aliphatic rings. The fraction of sp³-hybridized carbons (Fsp3) is 1.00. The van der Waals surface area contributed by atoms with Crippen molar-refractivity contribution in [3.8, 4) is 0 Å². The molecule has 1 aliphatic heterocycles. The van der Waals surface area contributed by atoms with E-state index < -0.39 is 0 Å². The first kappa shape index (κ1) is 13.9. The van der Waals surface area contributed by atoms with E-state index in [9.17, 15) is 0 Å². The Morgan fingerprint density at radius 3 is 2.75 bits per heavy atom. The molecular formula is C13H27NO2. The summed E-state index contributed by atoms with van der Waals surface area (Å²) < 4.78 is 11.3. The Kier molecular flexibility index (Phi) is 5.73. The van der Waals surface area contributed by atoms with Crippen LogP contribution in [0.1, 0.15) is 47.0 Å². The first-order valence-corrected chi connectivity index (χ1v) is 6.56. The normalized spacial score (nSPS) is 27.0. The Morgan fingerprint density at radius 1 is 1.38 bits per heavy atom. The van der Waals surface area contributed by atoms with E-state index >= 15 is 0 Å². The van der Waals surface area contributed by atoms with Crippen molar-refractivity contribution in [2.24, 2.45) is 0 Å². The van der Waals surface area contributed by atoms with Crippen molar-refractivity contribution in [3.05, 3.63) is 0 Å². The third-order valence-electron chi connectivity index (χ3n) is 3.17. The predicted octanol–water partition coefficient (Wildman–Crippen LogP) is 2.35. The summed E-state index contributed by atoms with van der Waals surface area (Å²) in [6.45, 7) is 11.1. The SMILES string of the molecule is CCOC(C)(C)CNC1CCOC(CC)C1. The van der Waals surface area contributed by atoms with Gasteiger partial charge in [0.2, 0.25) is 0 Å². The highest BCUT2D eigenvalue weighted by molar-refractivity contribution is 4.80. The van der Waals surface area contributed by atoms with Gasteiger partial charge in [0.1, 0.15) is 0 Å². The third kappa shape index (κ3) is 4.81. The van der Waals surface area contributed by atoms with Crippen LogP contribution in [0.5, 0.6) is 0 Å². The molecule has 3 nitrogen and oxygen atoms in total. The van der Waals surface area contributed by atoms with Crippen LogP contribution < -0.4 is 5.32 Å². The van der Waals surface area contributed by atoms with Crippen molar-refractivity contribution in [1.29, 1.82) is 0 Å². The monoisotopic (exact) mass is 229 g/mol. The molecule has 0 radical (unpaired) electrons. The van der Waals surface area contributed by atoms with Crippen LogP contribution in [-0.4, -0.2) is 37.5 Å². The number of ether oxygens (including phenoxy) is 2. The molecule has 0 aliphatic carbocycles. The van der Waals surface area contributed by atoms with Crippen molar-refractivity contribution in [3.63, 3.8) is 0 Å². The van der Waals surface area contributed by atoms with Crippen LogP contribution in [-0.2, 0) is 9.47 Å². The fourth-order valence-electron chi connectivity index (χ4n) is 2.18. The van der Waals surface area contributed by atoms with E-state index in [1.807, 2.05) is 6.92 Å². The van der Waals surface area contributed by atoms with Crippen molar-refractivity contribution in [2.75, 3.05) is 19.8 Å². The molecule has 1 heterocycles. The average Bonchev–Trinajstić information content (AvgIpc) is 2.27. The van der Waals surface area contributed by atoms with E-state index in [4.69, 9.17) is 9.47 Å². The van der Waals surface area contributed by atoms with Gasteiger partial charge in [-0.25, -0.2) is 0 Å². The largest absolute Gasteiger partial charge is 0.378 e. The van der Waals surface area contributed by atoms with Crippen molar-refractivity contribution in [1.82, 2.24) is 5.32 Å².